The molecule has 1 heterocycles. The van der Waals surface area contributed by atoms with E-state index in [1.54, 1.807) is 6.20 Å². The third kappa shape index (κ3) is 1.91. The summed E-state index contributed by atoms with van der Waals surface area (Å²) in [4.78, 5) is 16.8. The van der Waals surface area contributed by atoms with Crippen LogP contribution in [-0.2, 0) is 4.79 Å². The molecule has 0 spiro atoms. The Hall–Kier alpha value is -0.610. The minimum Gasteiger partial charge on any atom is -0.301 e. The van der Waals surface area contributed by atoms with Crippen LogP contribution in [-0.4, -0.2) is 15.8 Å². The third-order valence-electron chi connectivity index (χ3n) is 5.12. The first-order valence-electron chi connectivity index (χ1n) is 6.97. The minimum absolute atomic E-state index is 0.107. The molecule has 1 aromatic heterocycles. The number of nitrogens with zero attached hydrogens (tertiary/aromatic N) is 1. The molecule has 0 radical (unpaired) electrons. The zero-order valence-corrected chi connectivity index (χ0v) is 12.3. The molecule has 4 fully saturated rings. The molecule has 4 aliphatic rings. The Morgan fingerprint density at radius 3 is 2.68 bits per heavy atom. The van der Waals surface area contributed by atoms with Crippen LogP contribution in [0.5, 0.6) is 0 Å². The van der Waals surface area contributed by atoms with E-state index in [9.17, 15) is 4.79 Å². The van der Waals surface area contributed by atoms with E-state index in [4.69, 9.17) is 11.6 Å². The third-order valence-corrected chi connectivity index (χ3v) is 6.25. The minimum atomic E-state index is -0.225. The average molecular weight is 297 g/mol. The first-order valence-corrected chi connectivity index (χ1v) is 8.23. The summed E-state index contributed by atoms with van der Waals surface area (Å²) < 4.78 is 0. The standard InChI is InChI=1S/C14H17ClN2OS/c15-14-6-9-3-10(7-14)5-13(4-9,8-14)11(18)17-12-16-1-2-19-12/h1-2,9-10H,3-8H2,(H,16,17,18)/t9-,10+,13?,14?. The molecular formula is C14H17ClN2OS. The molecule has 4 aliphatic carbocycles. The van der Waals surface area contributed by atoms with Gasteiger partial charge in [0.2, 0.25) is 5.91 Å². The van der Waals surface area contributed by atoms with Gasteiger partial charge in [-0.15, -0.1) is 22.9 Å². The van der Waals surface area contributed by atoms with Gasteiger partial charge < -0.3 is 5.32 Å². The fourth-order valence-electron chi connectivity index (χ4n) is 4.93. The van der Waals surface area contributed by atoms with Crippen molar-refractivity contribution in [1.82, 2.24) is 4.98 Å². The van der Waals surface area contributed by atoms with Crippen LogP contribution < -0.4 is 5.32 Å². The Morgan fingerprint density at radius 1 is 1.37 bits per heavy atom. The van der Waals surface area contributed by atoms with Crippen molar-refractivity contribution in [3.8, 4) is 0 Å². The molecule has 3 nitrogen and oxygen atoms in total. The molecule has 102 valence electrons. The number of alkyl halides is 1. The zero-order valence-electron chi connectivity index (χ0n) is 10.7. The van der Waals surface area contributed by atoms with Crippen LogP contribution in [0.4, 0.5) is 5.13 Å². The Bertz CT molecular complexity index is 502. The molecule has 4 atom stereocenters. The van der Waals surface area contributed by atoms with Gasteiger partial charge in [-0.3, -0.25) is 4.79 Å². The predicted octanol–water partition coefficient (Wildman–Crippen LogP) is 3.66. The second kappa shape index (κ2) is 3.95. The fourth-order valence-corrected chi connectivity index (χ4v) is 6.15. The Morgan fingerprint density at radius 2 is 2.11 bits per heavy atom. The van der Waals surface area contributed by atoms with Gasteiger partial charge in [0.05, 0.1) is 5.41 Å². The number of hydrogen-bond donors (Lipinski definition) is 1. The number of anilines is 1. The molecule has 4 saturated carbocycles. The number of aromatic nitrogens is 1. The highest BCUT2D eigenvalue weighted by atomic mass is 35.5. The van der Waals surface area contributed by atoms with E-state index in [1.165, 1.54) is 17.8 Å². The van der Waals surface area contributed by atoms with Crippen LogP contribution in [0, 0.1) is 17.3 Å². The molecule has 0 aliphatic heterocycles. The molecule has 5 rings (SSSR count). The summed E-state index contributed by atoms with van der Waals surface area (Å²) in [6, 6.07) is 0. The van der Waals surface area contributed by atoms with Crippen molar-refractivity contribution in [2.75, 3.05) is 5.32 Å². The summed E-state index contributed by atoms with van der Waals surface area (Å²) >= 11 is 8.23. The number of nitrogens with one attached hydrogen (secondary N) is 1. The van der Waals surface area contributed by atoms with Crippen molar-refractivity contribution in [3.63, 3.8) is 0 Å². The van der Waals surface area contributed by atoms with Crippen molar-refractivity contribution in [1.29, 1.82) is 0 Å². The molecule has 0 aromatic carbocycles. The number of rotatable bonds is 2. The molecule has 2 unspecified atom stereocenters. The van der Waals surface area contributed by atoms with Gasteiger partial charge in [-0.25, -0.2) is 4.98 Å². The normalized spacial score (nSPS) is 43.4. The second-order valence-corrected chi connectivity index (χ2v) is 8.38. The van der Waals surface area contributed by atoms with Gasteiger partial charge in [0.25, 0.3) is 0 Å². The van der Waals surface area contributed by atoms with Gasteiger partial charge in [-0.1, -0.05) is 0 Å². The van der Waals surface area contributed by atoms with Gasteiger partial charge >= 0.3 is 0 Å². The van der Waals surface area contributed by atoms with Gasteiger partial charge in [-0.2, -0.15) is 0 Å². The Kier molecular flexibility index (Phi) is 2.53. The van der Waals surface area contributed by atoms with Crippen LogP contribution in [0.25, 0.3) is 0 Å². The van der Waals surface area contributed by atoms with E-state index >= 15 is 0 Å². The Labute approximate surface area is 121 Å². The van der Waals surface area contributed by atoms with Crippen molar-refractivity contribution in [2.45, 2.75) is 43.4 Å². The van der Waals surface area contributed by atoms with Crippen molar-refractivity contribution < 1.29 is 4.79 Å². The fraction of sp³-hybridized carbons (Fsp3) is 0.714. The SMILES string of the molecule is O=C(Nc1nccs1)C12C[C@@H]3C[C@@H](CC(Cl)(C3)C1)C2. The highest BCUT2D eigenvalue weighted by Gasteiger charge is 2.60. The molecule has 4 bridgehead atoms. The number of carbonyl (C=O) groups excluding carboxylic acids is 1. The molecular weight excluding hydrogens is 280 g/mol. The molecule has 5 heteroatoms. The first-order chi connectivity index (χ1) is 9.07. The maximum absolute atomic E-state index is 12.7. The van der Waals surface area contributed by atoms with Gasteiger partial charge in [0.15, 0.2) is 5.13 Å². The number of hydrogen-bond acceptors (Lipinski definition) is 3. The van der Waals surface area contributed by atoms with Crippen molar-refractivity contribution in [3.05, 3.63) is 11.6 Å². The average Bonchev–Trinajstić information content (AvgIpc) is 2.78. The van der Waals surface area contributed by atoms with E-state index < -0.39 is 0 Å². The molecule has 1 aromatic rings. The molecule has 0 saturated heterocycles. The van der Waals surface area contributed by atoms with Gasteiger partial charge in [0.1, 0.15) is 0 Å². The lowest BCUT2D eigenvalue weighted by molar-refractivity contribution is -0.138. The summed E-state index contributed by atoms with van der Waals surface area (Å²) in [6.07, 6.45) is 8.12. The largest absolute Gasteiger partial charge is 0.301 e. The maximum Gasteiger partial charge on any atom is 0.232 e. The number of thiazole rings is 1. The van der Waals surface area contributed by atoms with Crippen LogP contribution in [0.3, 0.4) is 0 Å². The van der Waals surface area contributed by atoms with E-state index in [0.717, 1.165) is 32.1 Å². The van der Waals surface area contributed by atoms with Gasteiger partial charge in [-0.05, 0) is 50.4 Å². The zero-order chi connectivity index (χ0) is 13.1. The highest BCUT2D eigenvalue weighted by Crippen LogP contribution is 2.64. The van der Waals surface area contributed by atoms with Crippen LogP contribution in [0.1, 0.15) is 38.5 Å². The topological polar surface area (TPSA) is 42.0 Å². The Balaban J connectivity index is 1.61. The summed E-state index contributed by atoms with van der Waals surface area (Å²) in [5.41, 5.74) is -0.225. The predicted molar refractivity (Wildman–Crippen MR) is 76.4 cm³/mol. The van der Waals surface area contributed by atoms with Crippen LogP contribution in [0.15, 0.2) is 11.6 Å². The lowest BCUT2D eigenvalue weighted by Crippen LogP contribution is -2.57. The van der Waals surface area contributed by atoms with Crippen molar-refractivity contribution >= 4 is 34.0 Å². The number of halogens is 1. The van der Waals surface area contributed by atoms with Crippen LogP contribution in [0.2, 0.25) is 0 Å². The lowest BCUT2D eigenvalue weighted by Gasteiger charge is -2.59. The molecule has 1 amide bonds. The number of carbonyl (C=O) groups is 1. The first kappa shape index (κ1) is 12.2. The summed E-state index contributed by atoms with van der Waals surface area (Å²) in [7, 11) is 0. The summed E-state index contributed by atoms with van der Waals surface area (Å²) in [5.74, 6) is 1.46. The monoisotopic (exact) mass is 296 g/mol. The number of amides is 1. The maximum atomic E-state index is 12.7. The lowest BCUT2D eigenvalue weighted by atomic mass is 9.49. The van der Waals surface area contributed by atoms with Gasteiger partial charge in [0, 0.05) is 16.5 Å². The van der Waals surface area contributed by atoms with Crippen LogP contribution >= 0.6 is 22.9 Å². The summed E-state index contributed by atoms with van der Waals surface area (Å²) in [5, 5.41) is 5.61. The van der Waals surface area contributed by atoms with E-state index in [1.807, 2.05) is 5.38 Å². The highest BCUT2D eigenvalue weighted by molar-refractivity contribution is 7.13. The van der Waals surface area contributed by atoms with E-state index in [2.05, 4.69) is 10.3 Å². The quantitative estimate of drug-likeness (QED) is 0.846. The van der Waals surface area contributed by atoms with E-state index in [0.29, 0.717) is 17.0 Å². The molecule has 19 heavy (non-hydrogen) atoms. The second-order valence-electron chi connectivity index (χ2n) is 6.68. The van der Waals surface area contributed by atoms with Crippen molar-refractivity contribution in [2.24, 2.45) is 17.3 Å². The smallest absolute Gasteiger partial charge is 0.232 e. The molecule has 1 N–H and O–H groups in total. The summed E-state index contributed by atoms with van der Waals surface area (Å²) in [6.45, 7) is 0. The van der Waals surface area contributed by atoms with E-state index in [-0.39, 0.29) is 16.2 Å².